The number of hydrogen-bond acceptors (Lipinski definition) is 3. The van der Waals surface area contributed by atoms with Crippen molar-refractivity contribution in [2.45, 2.75) is 19.8 Å². The largest absolute Gasteiger partial charge is 0.277 e. The predicted molar refractivity (Wildman–Crippen MR) is 41.3 cm³/mol. The van der Waals surface area contributed by atoms with Crippen molar-refractivity contribution < 1.29 is 14.4 Å². The lowest BCUT2D eigenvalue weighted by Gasteiger charge is -1.79. The maximum Gasteiger partial charge on any atom is 0.238 e. The topological polar surface area (TPSA) is 123 Å². The number of rotatable bonds is 2. The van der Waals surface area contributed by atoms with Crippen molar-refractivity contribution in [1.29, 1.82) is 0 Å². The van der Waals surface area contributed by atoms with Crippen molar-refractivity contribution in [3.8, 4) is 0 Å². The van der Waals surface area contributed by atoms with Gasteiger partial charge in [0.1, 0.15) is 0 Å². The van der Waals surface area contributed by atoms with E-state index in [-0.39, 0.29) is 12.8 Å². The van der Waals surface area contributed by atoms with E-state index < -0.39 is 5.91 Å². The summed E-state index contributed by atoms with van der Waals surface area (Å²) in [5.74, 6) is -0.461. The monoisotopic (exact) mass is 174 g/mol. The first-order chi connectivity index (χ1) is 5.60. The fourth-order valence-corrected chi connectivity index (χ4v) is 0.227. The van der Waals surface area contributed by atoms with E-state index in [9.17, 15) is 4.79 Å². The van der Waals surface area contributed by atoms with Crippen molar-refractivity contribution in [2.24, 2.45) is 0 Å². The highest BCUT2D eigenvalue weighted by atomic mass is 16.1. The molecule has 0 aliphatic carbocycles. The van der Waals surface area contributed by atoms with Gasteiger partial charge in [0.15, 0.2) is 0 Å². The number of nitrogens with one attached hydrogen (secondary N) is 3. The molecule has 0 aromatic rings. The van der Waals surface area contributed by atoms with Crippen molar-refractivity contribution in [2.75, 3.05) is 0 Å². The van der Waals surface area contributed by atoms with E-state index in [1.165, 1.54) is 0 Å². The van der Waals surface area contributed by atoms with Crippen LogP contribution in [-0.4, -0.2) is 18.7 Å². The Morgan fingerprint density at radius 2 is 1.50 bits per heavy atom. The first-order valence-corrected chi connectivity index (χ1v) is 3.06. The van der Waals surface area contributed by atoms with Gasteiger partial charge >= 0.3 is 0 Å². The average Bonchev–Trinajstić information content (AvgIpc) is 1.89. The van der Waals surface area contributed by atoms with Gasteiger partial charge in [-0.2, -0.15) is 0 Å². The Morgan fingerprint density at radius 3 is 1.50 bits per heavy atom. The van der Waals surface area contributed by atoms with Gasteiger partial charge in [0, 0.05) is 6.42 Å². The second kappa shape index (κ2) is 22.7. The Morgan fingerprint density at radius 1 is 1.25 bits per heavy atom. The summed E-state index contributed by atoms with van der Waals surface area (Å²) in [4.78, 5) is 26.7. The standard InChI is InChI=1S/C4H8NO.2CH2NO/c1-2-3-4(5)6;2*2-1-3/h5H,2-3H2,1H3;2*1-2H. The van der Waals surface area contributed by atoms with Gasteiger partial charge in [0.2, 0.25) is 18.7 Å². The molecule has 3 N–H and O–H groups in total. The van der Waals surface area contributed by atoms with E-state index in [2.05, 4.69) is 0 Å². The summed E-state index contributed by atoms with van der Waals surface area (Å²) >= 11 is 0. The van der Waals surface area contributed by atoms with Gasteiger partial charge in [-0.3, -0.25) is 31.6 Å². The Balaban J connectivity index is -0.000000115. The molecule has 0 atom stereocenters. The fourth-order valence-electron chi connectivity index (χ4n) is 0.227. The maximum atomic E-state index is 9.71. The van der Waals surface area contributed by atoms with Crippen LogP contribution in [0.1, 0.15) is 19.8 Å². The maximum absolute atomic E-state index is 9.71. The van der Waals surface area contributed by atoms with Crippen LogP contribution in [0, 0.1) is 0 Å². The lowest BCUT2D eigenvalue weighted by Crippen LogP contribution is -1.93. The van der Waals surface area contributed by atoms with E-state index in [0.29, 0.717) is 6.42 Å². The van der Waals surface area contributed by atoms with Gasteiger partial charge in [-0.15, -0.1) is 0 Å². The van der Waals surface area contributed by atoms with E-state index in [1.807, 2.05) is 6.92 Å². The molecule has 12 heavy (non-hydrogen) atoms. The van der Waals surface area contributed by atoms with Crippen LogP contribution >= 0.6 is 0 Å². The lowest BCUT2D eigenvalue weighted by atomic mass is 10.3. The van der Waals surface area contributed by atoms with Crippen LogP contribution in [0.15, 0.2) is 0 Å². The second-order valence-corrected chi connectivity index (χ2v) is 1.41. The molecule has 0 spiro atoms. The first-order valence-electron chi connectivity index (χ1n) is 3.06. The van der Waals surface area contributed by atoms with Gasteiger partial charge in [-0.05, 0) is 6.42 Å². The summed E-state index contributed by atoms with van der Waals surface area (Å²) in [6, 6.07) is 0. The number of carbonyl (C=O) groups is 3. The molecule has 6 heteroatoms. The molecule has 0 unspecified atom stereocenters. The molecule has 0 rings (SSSR count). The smallest absolute Gasteiger partial charge is 0.238 e. The lowest BCUT2D eigenvalue weighted by molar-refractivity contribution is -0.118. The summed E-state index contributed by atoms with van der Waals surface area (Å²) in [7, 11) is 0. The highest BCUT2D eigenvalue weighted by molar-refractivity contribution is 5.72. The predicted octanol–water partition coefficient (Wildman–Crippen LogP) is -0.553. The Labute approximate surface area is 71.1 Å². The molecule has 3 radical (unpaired) electrons. The molecule has 0 aromatic heterocycles. The van der Waals surface area contributed by atoms with E-state index in [0.717, 1.165) is 6.42 Å². The summed E-state index contributed by atoms with van der Waals surface area (Å²) in [6.07, 6.45) is 1.20. The molecule has 0 aliphatic rings. The van der Waals surface area contributed by atoms with Crippen molar-refractivity contribution in [3.05, 3.63) is 0 Å². The van der Waals surface area contributed by atoms with E-state index in [1.54, 1.807) is 0 Å². The molecule has 3 amide bonds. The minimum absolute atomic E-state index is 0. The zero-order valence-electron chi connectivity index (χ0n) is 6.79. The highest BCUT2D eigenvalue weighted by Gasteiger charge is 1.86. The zero-order chi connectivity index (χ0) is 10.4. The van der Waals surface area contributed by atoms with Crippen LogP contribution in [0.5, 0.6) is 0 Å². The second-order valence-electron chi connectivity index (χ2n) is 1.41. The van der Waals surface area contributed by atoms with Crippen LogP contribution < -0.4 is 17.2 Å². The summed E-state index contributed by atoms with van der Waals surface area (Å²) in [5.41, 5.74) is 17.4. The van der Waals surface area contributed by atoms with E-state index in [4.69, 9.17) is 26.8 Å². The van der Waals surface area contributed by atoms with Crippen molar-refractivity contribution in [1.82, 2.24) is 17.2 Å². The summed E-state index contributed by atoms with van der Waals surface area (Å²) in [5, 5.41) is 0. The Hall–Kier alpha value is -1.59. The molecular formula is C6H12N3O3. The third-order valence-electron chi connectivity index (χ3n) is 0.477. The molecule has 6 nitrogen and oxygen atoms in total. The van der Waals surface area contributed by atoms with Crippen LogP contribution in [0.4, 0.5) is 0 Å². The minimum atomic E-state index is -0.461. The van der Waals surface area contributed by atoms with E-state index >= 15 is 0 Å². The van der Waals surface area contributed by atoms with Crippen molar-refractivity contribution in [3.63, 3.8) is 0 Å². The summed E-state index contributed by atoms with van der Waals surface area (Å²) < 4.78 is 0. The molecule has 0 saturated carbocycles. The Bertz CT molecular complexity index is 111. The number of amides is 3. The molecule has 0 saturated heterocycles. The van der Waals surface area contributed by atoms with Gasteiger partial charge in [0.25, 0.3) is 0 Å². The number of hydrogen-bond donors (Lipinski definition) is 0. The third kappa shape index (κ3) is 232. The summed E-state index contributed by atoms with van der Waals surface area (Å²) in [6.45, 7) is 1.88. The molecule has 0 aromatic carbocycles. The molecule has 0 fully saturated rings. The average molecular weight is 174 g/mol. The SMILES string of the molecule is CCCC([NH])=O.[NH]C=O.[NH]C=O. The van der Waals surface area contributed by atoms with Crippen LogP contribution in [0.25, 0.3) is 0 Å². The quantitative estimate of drug-likeness (QED) is 0.521. The van der Waals surface area contributed by atoms with Crippen LogP contribution in [0.3, 0.4) is 0 Å². The van der Waals surface area contributed by atoms with Gasteiger partial charge in [-0.1, -0.05) is 6.92 Å². The molecule has 69 valence electrons. The molecular weight excluding hydrogens is 162 g/mol. The molecule has 0 bridgehead atoms. The van der Waals surface area contributed by atoms with Gasteiger partial charge in [-0.25, -0.2) is 0 Å². The zero-order valence-corrected chi connectivity index (χ0v) is 6.79. The van der Waals surface area contributed by atoms with Crippen LogP contribution in [-0.2, 0) is 14.4 Å². The van der Waals surface area contributed by atoms with Gasteiger partial charge in [0.05, 0.1) is 0 Å². The fraction of sp³-hybridized carbons (Fsp3) is 0.500. The number of carbonyl (C=O) groups excluding carboxylic acids is 3. The molecule has 0 aliphatic heterocycles. The van der Waals surface area contributed by atoms with Crippen LogP contribution in [0.2, 0.25) is 0 Å². The highest BCUT2D eigenvalue weighted by Crippen LogP contribution is 1.81. The minimum Gasteiger partial charge on any atom is -0.277 e. The van der Waals surface area contributed by atoms with Crippen molar-refractivity contribution >= 4 is 18.7 Å². The van der Waals surface area contributed by atoms with Gasteiger partial charge < -0.3 is 0 Å². The third-order valence-corrected chi connectivity index (χ3v) is 0.477. The first kappa shape index (κ1) is 16.8. The normalized spacial score (nSPS) is 6.08. The molecule has 0 heterocycles. The Kier molecular flexibility index (Phi) is 31.8.